The van der Waals surface area contributed by atoms with Crippen molar-refractivity contribution in [2.75, 3.05) is 14.2 Å². The third-order valence-electron chi connectivity index (χ3n) is 4.83. The molecule has 27 heavy (non-hydrogen) atoms. The molecule has 144 valence electrons. The van der Waals surface area contributed by atoms with Crippen molar-refractivity contribution in [3.63, 3.8) is 0 Å². The van der Waals surface area contributed by atoms with Crippen LogP contribution in [0.5, 0.6) is 28.7 Å². The lowest BCUT2D eigenvalue weighted by molar-refractivity contribution is 0.173. The molecule has 0 fully saturated rings. The summed E-state index contributed by atoms with van der Waals surface area (Å²) in [4.78, 5) is 0. The van der Waals surface area contributed by atoms with Gasteiger partial charge in [0.25, 0.3) is 0 Å². The second-order valence-electron chi connectivity index (χ2n) is 6.98. The lowest BCUT2D eigenvalue weighted by Crippen LogP contribution is -2.16. The predicted octanol–water partition coefficient (Wildman–Crippen LogP) is 4.69. The maximum atomic E-state index is 10.6. The molecule has 1 atom stereocenters. The minimum atomic E-state index is -0.205. The molecule has 5 nitrogen and oxygen atoms in total. The smallest absolute Gasteiger partial charge is 0.130 e. The van der Waals surface area contributed by atoms with Gasteiger partial charge < -0.3 is 24.4 Å². The van der Waals surface area contributed by atoms with Crippen LogP contribution in [-0.2, 0) is 12.8 Å². The van der Waals surface area contributed by atoms with Gasteiger partial charge in [0.05, 0.1) is 14.2 Å². The molecule has 1 aliphatic rings. The van der Waals surface area contributed by atoms with E-state index in [1.165, 1.54) is 0 Å². The van der Waals surface area contributed by atoms with E-state index < -0.39 is 0 Å². The Morgan fingerprint density at radius 2 is 1.78 bits per heavy atom. The van der Waals surface area contributed by atoms with Crippen LogP contribution < -0.4 is 14.2 Å². The van der Waals surface area contributed by atoms with E-state index >= 15 is 0 Å². The van der Waals surface area contributed by atoms with Crippen LogP contribution >= 0.6 is 0 Å². The van der Waals surface area contributed by atoms with E-state index in [0.717, 1.165) is 16.7 Å². The Hall–Kier alpha value is -2.82. The van der Waals surface area contributed by atoms with Crippen molar-refractivity contribution in [3.8, 4) is 28.7 Å². The highest BCUT2D eigenvalue weighted by Crippen LogP contribution is 2.45. The third-order valence-corrected chi connectivity index (χ3v) is 4.83. The molecule has 1 heterocycles. The van der Waals surface area contributed by atoms with Crippen molar-refractivity contribution in [1.82, 2.24) is 0 Å². The molecular weight excluding hydrogens is 344 g/mol. The summed E-state index contributed by atoms with van der Waals surface area (Å²) in [5, 5.41) is 21.0. The van der Waals surface area contributed by atoms with Crippen LogP contribution in [0.3, 0.4) is 0 Å². The van der Waals surface area contributed by atoms with Gasteiger partial charge in [-0.3, -0.25) is 0 Å². The summed E-state index contributed by atoms with van der Waals surface area (Å²) >= 11 is 0. The summed E-state index contributed by atoms with van der Waals surface area (Å²) in [6, 6.07) is 7.25. The Kier molecular flexibility index (Phi) is 5.49. The van der Waals surface area contributed by atoms with E-state index in [2.05, 4.69) is 0 Å². The fourth-order valence-corrected chi connectivity index (χ4v) is 3.31. The molecule has 0 radical (unpaired) electrons. The van der Waals surface area contributed by atoms with E-state index in [0.29, 0.717) is 42.1 Å². The van der Waals surface area contributed by atoms with Gasteiger partial charge in [-0.15, -0.1) is 0 Å². The van der Waals surface area contributed by atoms with Gasteiger partial charge in [0.2, 0.25) is 0 Å². The third kappa shape index (κ3) is 3.97. The summed E-state index contributed by atoms with van der Waals surface area (Å²) in [7, 11) is 3.22. The van der Waals surface area contributed by atoms with Gasteiger partial charge in [0.1, 0.15) is 34.9 Å². The number of methoxy groups -OCH3 is 2. The SMILES string of the molecule is COc1cc(OC)cc([C@H]2CCc3c(cc(O)c(CC=C(C)C)c3O)O2)c1. The molecule has 0 spiro atoms. The Balaban J connectivity index is 1.92. The first-order valence-electron chi connectivity index (χ1n) is 9.02. The van der Waals surface area contributed by atoms with Crippen molar-refractivity contribution >= 4 is 0 Å². The summed E-state index contributed by atoms with van der Waals surface area (Å²) in [5.74, 6) is 2.09. The van der Waals surface area contributed by atoms with Crippen LogP contribution in [0.25, 0.3) is 0 Å². The van der Waals surface area contributed by atoms with Crippen molar-refractivity contribution < 1.29 is 24.4 Å². The lowest BCUT2D eigenvalue weighted by atomic mass is 9.93. The van der Waals surface area contributed by atoms with Crippen LogP contribution in [0.1, 0.15) is 43.1 Å². The van der Waals surface area contributed by atoms with E-state index in [4.69, 9.17) is 14.2 Å². The number of phenolic OH excluding ortho intramolecular Hbond substituents is 2. The minimum Gasteiger partial charge on any atom is -0.507 e. The molecule has 2 aromatic rings. The van der Waals surface area contributed by atoms with Gasteiger partial charge in [0.15, 0.2) is 0 Å². The molecule has 0 aliphatic carbocycles. The Morgan fingerprint density at radius 3 is 2.37 bits per heavy atom. The first kappa shape index (κ1) is 19.0. The monoisotopic (exact) mass is 370 g/mol. The summed E-state index contributed by atoms with van der Waals surface area (Å²) < 4.78 is 16.8. The zero-order valence-corrected chi connectivity index (χ0v) is 16.2. The van der Waals surface area contributed by atoms with E-state index in [1.807, 2.05) is 38.1 Å². The molecule has 0 bridgehead atoms. The molecule has 2 aromatic carbocycles. The summed E-state index contributed by atoms with van der Waals surface area (Å²) in [6.45, 7) is 3.98. The average Bonchev–Trinajstić information content (AvgIpc) is 2.66. The highest BCUT2D eigenvalue weighted by Gasteiger charge is 2.27. The highest BCUT2D eigenvalue weighted by atomic mass is 16.5. The highest BCUT2D eigenvalue weighted by molar-refractivity contribution is 5.58. The largest absolute Gasteiger partial charge is 0.507 e. The zero-order valence-electron chi connectivity index (χ0n) is 16.2. The van der Waals surface area contributed by atoms with E-state index in [-0.39, 0.29) is 17.6 Å². The maximum Gasteiger partial charge on any atom is 0.130 e. The predicted molar refractivity (Wildman–Crippen MR) is 104 cm³/mol. The minimum absolute atomic E-state index is 0.0487. The number of allylic oxidation sites excluding steroid dienone is 2. The number of fused-ring (bicyclic) bond motifs is 1. The molecule has 2 N–H and O–H groups in total. The van der Waals surface area contributed by atoms with Gasteiger partial charge >= 0.3 is 0 Å². The Labute approximate surface area is 159 Å². The van der Waals surface area contributed by atoms with Gasteiger partial charge in [-0.1, -0.05) is 11.6 Å². The molecule has 0 saturated heterocycles. The molecule has 5 heteroatoms. The van der Waals surface area contributed by atoms with Crippen LogP contribution in [0.2, 0.25) is 0 Å². The van der Waals surface area contributed by atoms with Crippen molar-refractivity contribution in [2.45, 2.75) is 39.2 Å². The molecule has 0 aromatic heterocycles. The fraction of sp³-hybridized carbons (Fsp3) is 0.364. The number of rotatable bonds is 5. The van der Waals surface area contributed by atoms with Crippen LogP contribution in [0.15, 0.2) is 35.9 Å². The second-order valence-corrected chi connectivity index (χ2v) is 6.98. The molecule has 0 amide bonds. The second kappa shape index (κ2) is 7.82. The zero-order chi connectivity index (χ0) is 19.6. The molecule has 0 unspecified atom stereocenters. The number of hydrogen-bond acceptors (Lipinski definition) is 5. The fourth-order valence-electron chi connectivity index (χ4n) is 3.31. The lowest BCUT2D eigenvalue weighted by Gasteiger charge is -2.28. The van der Waals surface area contributed by atoms with Crippen LogP contribution in [0.4, 0.5) is 0 Å². The normalized spacial score (nSPS) is 15.5. The van der Waals surface area contributed by atoms with Gasteiger partial charge in [0, 0.05) is 23.3 Å². The van der Waals surface area contributed by atoms with E-state index in [9.17, 15) is 10.2 Å². The van der Waals surface area contributed by atoms with Crippen molar-refractivity contribution in [3.05, 3.63) is 52.6 Å². The Morgan fingerprint density at radius 1 is 1.11 bits per heavy atom. The first-order valence-corrected chi connectivity index (χ1v) is 9.02. The van der Waals surface area contributed by atoms with Gasteiger partial charge in [-0.25, -0.2) is 0 Å². The van der Waals surface area contributed by atoms with Crippen molar-refractivity contribution in [2.24, 2.45) is 0 Å². The standard InChI is InChI=1S/C22H26O5/c1-13(2)5-6-17-19(23)12-21-18(22(17)24)7-8-20(27-21)14-9-15(25-3)11-16(10-14)26-4/h5,9-12,20,23-24H,6-8H2,1-4H3/t20-/m1/s1. The van der Waals surface area contributed by atoms with Crippen LogP contribution in [0, 0.1) is 0 Å². The Bertz CT molecular complexity index is 843. The van der Waals surface area contributed by atoms with Crippen molar-refractivity contribution in [1.29, 1.82) is 0 Å². The van der Waals surface area contributed by atoms with E-state index in [1.54, 1.807) is 20.3 Å². The quantitative estimate of drug-likeness (QED) is 0.748. The molecular formula is C22H26O5. The number of hydrogen-bond donors (Lipinski definition) is 2. The molecule has 3 rings (SSSR count). The number of ether oxygens (including phenoxy) is 3. The average molecular weight is 370 g/mol. The van der Waals surface area contributed by atoms with Gasteiger partial charge in [-0.05, 0) is 50.8 Å². The first-order chi connectivity index (χ1) is 12.9. The van der Waals surface area contributed by atoms with Gasteiger partial charge in [-0.2, -0.15) is 0 Å². The number of phenols is 2. The number of benzene rings is 2. The maximum absolute atomic E-state index is 10.6. The topological polar surface area (TPSA) is 68.2 Å². The molecule has 1 aliphatic heterocycles. The van der Waals surface area contributed by atoms with Crippen LogP contribution in [-0.4, -0.2) is 24.4 Å². The summed E-state index contributed by atoms with van der Waals surface area (Å²) in [6.07, 6.45) is 3.64. The summed E-state index contributed by atoms with van der Waals surface area (Å²) in [5.41, 5.74) is 3.36. The molecule has 0 saturated carbocycles. The number of aromatic hydroxyl groups is 2.